The molecule has 0 atom stereocenters. The van der Waals surface area contributed by atoms with Gasteiger partial charge in [0.1, 0.15) is 17.3 Å². The van der Waals surface area contributed by atoms with Gasteiger partial charge < -0.3 is 10.6 Å². The second-order valence-corrected chi connectivity index (χ2v) is 4.01. The van der Waals surface area contributed by atoms with Crippen molar-refractivity contribution >= 4 is 17.2 Å². The standard InChI is InChI=1S/C14H15FN4/c1-2-19(11-6-3-5-10(15)9-11)12-7-4-8-18-13(12)14(16)17/h3-9H,2H2,1H3,(H3,16,17). The number of rotatable bonds is 4. The van der Waals surface area contributed by atoms with Crippen LogP contribution in [0.2, 0.25) is 0 Å². The zero-order valence-corrected chi connectivity index (χ0v) is 10.6. The Bertz CT molecular complexity index is 598. The molecule has 1 aromatic heterocycles. The smallest absolute Gasteiger partial charge is 0.143 e. The lowest BCUT2D eigenvalue weighted by atomic mass is 10.2. The van der Waals surface area contributed by atoms with Crippen molar-refractivity contribution in [3.05, 3.63) is 54.1 Å². The van der Waals surface area contributed by atoms with E-state index in [2.05, 4.69) is 4.98 Å². The molecular weight excluding hydrogens is 243 g/mol. The minimum Gasteiger partial charge on any atom is -0.382 e. The quantitative estimate of drug-likeness (QED) is 0.654. The van der Waals surface area contributed by atoms with Gasteiger partial charge in [0.2, 0.25) is 0 Å². The Morgan fingerprint density at radius 2 is 2.16 bits per heavy atom. The Hall–Kier alpha value is -2.43. The Morgan fingerprint density at radius 3 is 2.79 bits per heavy atom. The van der Waals surface area contributed by atoms with Gasteiger partial charge >= 0.3 is 0 Å². The van der Waals surface area contributed by atoms with E-state index in [0.29, 0.717) is 23.6 Å². The molecule has 0 saturated heterocycles. The van der Waals surface area contributed by atoms with Gasteiger partial charge in [-0.1, -0.05) is 6.07 Å². The number of hydrogen-bond donors (Lipinski definition) is 2. The topological polar surface area (TPSA) is 66.0 Å². The molecule has 5 heteroatoms. The number of hydrogen-bond acceptors (Lipinski definition) is 3. The third kappa shape index (κ3) is 2.70. The maximum absolute atomic E-state index is 13.3. The molecule has 0 spiro atoms. The number of nitrogens with zero attached hydrogens (tertiary/aromatic N) is 2. The highest BCUT2D eigenvalue weighted by atomic mass is 19.1. The van der Waals surface area contributed by atoms with Crippen LogP contribution < -0.4 is 10.6 Å². The van der Waals surface area contributed by atoms with Gasteiger partial charge in [0.15, 0.2) is 0 Å². The monoisotopic (exact) mass is 258 g/mol. The molecule has 3 N–H and O–H groups in total. The van der Waals surface area contributed by atoms with Crippen LogP contribution in [0.25, 0.3) is 0 Å². The van der Waals surface area contributed by atoms with Crippen molar-refractivity contribution < 1.29 is 4.39 Å². The number of pyridine rings is 1. The molecule has 1 heterocycles. The first-order chi connectivity index (χ1) is 9.13. The number of anilines is 2. The van der Waals surface area contributed by atoms with Crippen molar-refractivity contribution in [3.8, 4) is 0 Å². The molecule has 2 rings (SSSR count). The summed E-state index contributed by atoms with van der Waals surface area (Å²) in [6.45, 7) is 2.57. The van der Waals surface area contributed by atoms with Crippen molar-refractivity contribution in [2.24, 2.45) is 5.73 Å². The van der Waals surface area contributed by atoms with E-state index in [1.165, 1.54) is 12.1 Å². The first-order valence-corrected chi connectivity index (χ1v) is 5.96. The summed E-state index contributed by atoms with van der Waals surface area (Å²) in [5.74, 6) is -0.408. The fraction of sp³-hybridized carbons (Fsp3) is 0.143. The van der Waals surface area contributed by atoms with Crippen molar-refractivity contribution in [2.45, 2.75) is 6.92 Å². The molecule has 2 aromatic rings. The van der Waals surface area contributed by atoms with Crippen LogP contribution in [0.5, 0.6) is 0 Å². The number of aromatic nitrogens is 1. The van der Waals surface area contributed by atoms with Gasteiger partial charge in [0.05, 0.1) is 5.69 Å². The van der Waals surface area contributed by atoms with Crippen LogP contribution >= 0.6 is 0 Å². The molecule has 0 aliphatic carbocycles. The molecule has 0 fully saturated rings. The summed E-state index contributed by atoms with van der Waals surface area (Å²) in [7, 11) is 0. The highest BCUT2D eigenvalue weighted by molar-refractivity contribution is 5.99. The highest BCUT2D eigenvalue weighted by Crippen LogP contribution is 2.27. The predicted molar refractivity (Wildman–Crippen MR) is 74.3 cm³/mol. The molecule has 0 radical (unpaired) electrons. The normalized spacial score (nSPS) is 10.2. The summed E-state index contributed by atoms with van der Waals surface area (Å²) in [5, 5.41) is 7.56. The van der Waals surface area contributed by atoms with Gasteiger partial charge in [-0.15, -0.1) is 0 Å². The zero-order valence-electron chi connectivity index (χ0n) is 10.6. The highest BCUT2D eigenvalue weighted by Gasteiger charge is 2.14. The molecule has 0 aliphatic heterocycles. The Balaban J connectivity index is 2.51. The van der Waals surface area contributed by atoms with E-state index >= 15 is 0 Å². The minimum atomic E-state index is -0.302. The molecule has 19 heavy (non-hydrogen) atoms. The van der Waals surface area contributed by atoms with Gasteiger partial charge in [-0.2, -0.15) is 0 Å². The Labute approximate surface area is 111 Å². The van der Waals surface area contributed by atoms with E-state index < -0.39 is 0 Å². The van der Waals surface area contributed by atoms with Crippen LogP contribution in [0.4, 0.5) is 15.8 Å². The molecule has 0 saturated carbocycles. The number of nitrogens with two attached hydrogens (primary N) is 1. The van der Waals surface area contributed by atoms with Gasteiger partial charge in [-0.25, -0.2) is 4.39 Å². The Kier molecular flexibility index (Phi) is 3.75. The molecule has 0 unspecified atom stereocenters. The van der Waals surface area contributed by atoms with Gasteiger partial charge in [-0.3, -0.25) is 10.4 Å². The summed E-state index contributed by atoms with van der Waals surface area (Å²) in [5.41, 5.74) is 7.34. The molecule has 1 aromatic carbocycles. The second-order valence-electron chi connectivity index (χ2n) is 4.01. The van der Waals surface area contributed by atoms with Crippen molar-refractivity contribution in [2.75, 3.05) is 11.4 Å². The average molecular weight is 258 g/mol. The van der Waals surface area contributed by atoms with E-state index in [4.69, 9.17) is 11.1 Å². The average Bonchev–Trinajstić information content (AvgIpc) is 2.40. The van der Waals surface area contributed by atoms with Gasteiger partial charge in [0, 0.05) is 18.4 Å². The van der Waals surface area contributed by atoms with Crippen LogP contribution in [-0.4, -0.2) is 17.4 Å². The summed E-state index contributed by atoms with van der Waals surface area (Å²) in [6, 6.07) is 9.88. The van der Waals surface area contributed by atoms with Gasteiger partial charge in [0.25, 0.3) is 0 Å². The summed E-state index contributed by atoms with van der Waals surface area (Å²) < 4.78 is 13.3. The third-order valence-corrected chi connectivity index (χ3v) is 2.77. The van der Waals surface area contributed by atoms with E-state index in [9.17, 15) is 4.39 Å². The zero-order chi connectivity index (χ0) is 13.8. The van der Waals surface area contributed by atoms with E-state index in [1.807, 2.05) is 24.0 Å². The first kappa shape index (κ1) is 13.0. The SMILES string of the molecule is CCN(c1cccc(F)c1)c1cccnc1C(=N)N. The number of halogens is 1. The lowest BCUT2D eigenvalue weighted by molar-refractivity contribution is 0.627. The van der Waals surface area contributed by atoms with Crippen LogP contribution in [-0.2, 0) is 0 Å². The minimum absolute atomic E-state index is 0.106. The van der Waals surface area contributed by atoms with Crippen molar-refractivity contribution in [1.29, 1.82) is 5.41 Å². The largest absolute Gasteiger partial charge is 0.382 e. The Morgan fingerprint density at radius 1 is 1.37 bits per heavy atom. The van der Waals surface area contributed by atoms with E-state index in [0.717, 1.165) is 0 Å². The van der Waals surface area contributed by atoms with Crippen LogP contribution in [0, 0.1) is 11.2 Å². The maximum atomic E-state index is 13.3. The second kappa shape index (κ2) is 5.48. The van der Waals surface area contributed by atoms with Crippen molar-refractivity contribution in [1.82, 2.24) is 4.98 Å². The molecular formula is C14H15FN4. The first-order valence-electron chi connectivity index (χ1n) is 5.96. The fourth-order valence-electron chi connectivity index (χ4n) is 1.96. The lowest BCUT2D eigenvalue weighted by Crippen LogP contribution is -2.23. The lowest BCUT2D eigenvalue weighted by Gasteiger charge is -2.24. The fourth-order valence-corrected chi connectivity index (χ4v) is 1.96. The van der Waals surface area contributed by atoms with Crippen LogP contribution in [0.15, 0.2) is 42.6 Å². The van der Waals surface area contributed by atoms with Crippen LogP contribution in [0.3, 0.4) is 0 Å². The van der Waals surface area contributed by atoms with Gasteiger partial charge in [-0.05, 0) is 37.3 Å². The van der Waals surface area contributed by atoms with Crippen molar-refractivity contribution in [3.63, 3.8) is 0 Å². The summed E-state index contributed by atoms with van der Waals surface area (Å²) in [4.78, 5) is 5.98. The maximum Gasteiger partial charge on any atom is 0.143 e. The summed E-state index contributed by atoms with van der Waals surface area (Å²) in [6.07, 6.45) is 1.58. The predicted octanol–water partition coefficient (Wildman–Crippen LogP) is 2.66. The molecule has 0 bridgehead atoms. The number of nitrogen functional groups attached to an aromatic ring is 1. The number of amidine groups is 1. The van der Waals surface area contributed by atoms with Crippen LogP contribution in [0.1, 0.15) is 12.6 Å². The molecule has 0 aliphatic rings. The number of benzene rings is 1. The molecule has 98 valence electrons. The summed E-state index contributed by atoms with van der Waals surface area (Å²) >= 11 is 0. The molecule has 0 amide bonds. The van der Waals surface area contributed by atoms with E-state index in [-0.39, 0.29) is 11.7 Å². The number of nitrogens with one attached hydrogen (secondary N) is 1. The van der Waals surface area contributed by atoms with E-state index in [1.54, 1.807) is 18.3 Å². The third-order valence-electron chi connectivity index (χ3n) is 2.77. The molecule has 4 nitrogen and oxygen atoms in total.